The molecule has 0 aromatic carbocycles. The molecule has 18 heavy (non-hydrogen) atoms. The average molecular weight is 253 g/mol. The van der Waals surface area contributed by atoms with Crippen molar-refractivity contribution in [1.29, 1.82) is 0 Å². The number of piperidine rings is 2. The Kier molecular flexibility index (Phi) is 5.05. The lowest BCUT2D eigenvalue weighted by atomic mass is 9.82. The van der Waals surface area contributed by atoms with E-state index in [2.05, 4.69) is 43.1 Å². The van der Waals surface area contributed by atoms with Gasteiger partial charge >= 0.3 is 0 Å². The molecule has 0 aliphatic carbocycles. The summed E-state index contributed by atoms with van der Waals surface area (Å²) >= 11 is 0. The first-order chi connectivity index (χ1) is 8.61. The van der Waals surface area contributed by atoms with Crippen LogP contribution in [-0.4, -0.2) is 61.2 Å². The molecule has 2 aliphatic rings. The standard InChI is InChI=1S/C15H31N3/c1-12(2)17(4)8-9-18-14-6-5-7-15(18)11-13(10-14)16-3/h12-16H,5-11H2,1-4H3. The van der Waals surface area contributed by atoms with Gasteiger partial charge in [0.2, 0.25) is 0 Å². The summed E-state index contributed by atoms with van der Waals surface area (Å²) in [5, 5.41) is 3.50. The molecule has 2 rings (SSSR count). The van der Waals surface area contributed by atoms with E-state index in [0.29, 0.717) is 6.04 Å². The lowest BCUT2D eigenvalue weighted by Gasteiger charge is -2.49. The molecule has 2 atom stereocenters. The third kappa shape index (κ3) is 3.25. The molecule has 0 aromatic heterocycles. The van der Waals surface area contributed by atoms with Crippen LogP contribution in [-0.2, 0) is 0 Å². The Morgan fingerprint density at radius 2 is 1.83 bits per heavy atom. The first-order valence-corrected chi connectivity index (χ1v) is 7.75. The molecular weight excluding hydrogens is 222 g/mol. The van der Waals surface area contributed by atoms with Crippen molar-refractivity contribution in [3.63, 3.8) is 0 Å². The van der Waals surface area contributed by atoms with Gasteiger partial charge in [-0.3, -0.25) is 4.90 Å². The van der Waals surface area contributed by atoms with Gasteiger partial charge < -0.3 is 10.2 Å². The van der Waals surface area contributed by atoms with Crippen LogP contribution >= 0.6 is 0 Å². The minimum absolute atomic E-state index is 0.666. The molecule has 0 saturated carbocycles. The van der Waals surface area contributed by atoms with E-state index in [9.17, 15) is 0 Å². The van der Waals surface area contributed by atoms with Crippen molar-refractivity contribution in [2.24, 2.45) is 0 Å². The van der Waals surface area contributed by atoms with Crippen LogP contribution in [0.25, 0.3) is 0 Å². The van der Waals surface area contributed by atoms with Gasteiger partial charge in [-0.1, -0.05) is 6.42 Å². The summed E-state index contributed by atoms with van der Waals surface area (Å²) in [6, 6.07) is 3.12. The van der Waals surface area contributed by atoms with Crippen molar-refractivity contribution in [2.75, 3.05) is 27.2 Å². The van der Waals surface area contributed by atoms with Crippen LogP contribution < -0.4 is 5.32 Å². The summed E-state index contributed by atoms with van der Waals surface area (Å²) in [4.78, 5) is 5.29. The second-order valence-corrected chi connectivity index (χ2v) is 6.51. The molecule has 3 heteroatoms. The fraction of sp³-hybridized carbons (Fsp3) is 1.00. The highest BCUT2D eigenvalue weighted by molar-refractivity contribution is 4.94. The molecular formula is C15H31N3. The average Bonchev–Trinajstić information content (AvgIpc) is 2.34. The Morgan fingerprint density at radius 3 is 2.33 bits per heavy atom. The lowest BCUT2D eigenvalue weighted by Crippen LogP contribution is -2.57. The van der Waals surface area contributed by atoms with Gasteiger partial charge in [0.1, 0.15) is 0 Å². The minimum atomic E-state index is 0.666. The molecule has 2 fully saturated rings. The summed E-state index contributed by atoms with van der Waals surface area (Å²) in [5.41, 5.74) is 0. The molecule has 2 heterocycles. The van der Waals surface area contributed by atoms with E-state index in [1.54, 1.807) is 0 Å². The molecule has 0 spiro atoms. The quantitative estimate of drug-likeness (QED) is 0.808. The maximum absolute atomic E-state index is 3.50. The van der Waals surface area contributed by atoms with E-state index in [-0.39, 0.29) is 0 Å². The molecule has 0 aromatic rings. The van der Waals surface area contributed by atoms with Crippen molar-refractivity contribution in [3.05, 3.63) is 0 Å². The number of fused-ring (bicyclic) bond motifs is 2. The molecule has 0 amide bonds. The predicted molar refractivity (Wildman–Crippen MR) is 78.0 cm³/mol. The van der Waals surface area contributed by atoms with Crippen LogP contribution in [0.1, 0.15) is 46.0 Å². The normalized spacial score (nSPS) is 33.3. The Labute approximate surface area is 113 Å². The largest absolute Gasteiger partial charge is 0.317 e. The van der Waals surface area contributed by atoms with Crippen LogP contribution in [0, 0.1) is 0 Å². The molecule has 106 valence electrons. The third-order valence-electron chi connectivity index (χ3n) is 5.13. The Bertz CT molecular complexity index is 240. The van der Waals surface area contributed by atoms with Crippen LogP contribution in [0.15, 0.2) is 0 Å². The van der Waals surface area contributed by atoms with E-state index in [1.807, 2.05) is 0 Å². The lowest BCUT2D eigenvalue weighted by molar-refractivity contribution is 0.0184. The van der Waals surface area contributed by atoms with Gasteiger partial charge in [-0.25, -0.2) is 0 Å². The van der Waals surface area contributed by atoms with Crippen molar-refractivity contribution in [2.45, 2.75) is 70.1 Å². The van der Waals surface area contributed by atoms with Gasteiger partial charge in [0.15, 0.2) is 0 Å². The number of hydrogen-bond acceptors (Lipinski definition) is 3. The second kappa shape index (κ2) is 6.36. The second-order valence-electron chi connectivity index (χ2n) is 6.51. The zero-order valence-corrected chi connectivity index (χ0v) is 12.7. The minimum Gasteiger partial charge on any atom is -0.317 e. The van der Waals surface area contributed by atoms with Gasteiger partial charge in [-0.05, 0) is 53.6 Å². The Morgan fingerprint density at radius 1 is 1.22 bits per heavy atom. The maximum atomic E-state index is 3.50. The number of nitrogens with zero attached hydrogens (tertiary/aromatic N) is 2. The van der Waals surface area contributed by atoms with Crippen molar-refractivity contribution in [1.82, 2.24) is 15.1 Å². The summed E-state index contributed by atoms with van der Waals surface area (Å²) in [5.74, 6) is 0. The SMILES string of the molecule is CNC1CC2CCCC(C1)N2CCN(C)C(C)C. The summed E-state index contributed by atoms with van der Waals surface area (Å²) in [6.07, 6.45) is 7.00. The number of hydrogen-bond donors (Lipinski definition) is 1. The van der Waals surface area contributed by atoms with Crippen LogP contribution in [0.3, 0.4) is 0 Å². The highest BCUT2D eigenvalue weighted by Gasteiger charge is 2.37. The van der Waals surface area contributed by atoms with E-state index in [0.717, 1.165) is 18.1 Å². The zero-order valence-electron chi connectivity index (χ0n) is 12.7. The molecule has 2 unspecified atom stereocenters. The molecule has 0 radical (unpaired) electrons. The van der Waals surface area contributed by atoms with Gasteiger partial charge in [-0.2, -0.15) is 0 Å². The predicted octanol–water partition coefficient (Wildman–Crippen LogP) is 1.93. The van der Waals surface area contributed by atoms with Gasteiger partial charge in [0.05, 0.1) is 0 Å². The van der Waals surface area contributed by atoms with Crippen molar-refractivity contribution >= 4 is 0 Å². The van der Waals surface area contributed by atoms with Gasteiger partial charge in [0.25, 0.3) is 0 Å². The summed E-state index contributed by atoms with van der Waals surface area (Å²) in [6.45, 7) is 7.05. The fourth-order valence-corrected chi connectivity index (χ4v) is 3.61. The van der Waals surface area contributed by atoms with Crippen molar-refractivity contribution < 1.29 is 0 Å². The van der Waals surface area contributed by atoms with E-state index in [1.165, 1.54) is 45.2 Å². The number of nitrogens with one attached hydrogen (secondary N) is 1. The van der Waals surface area contributed by atoms with Crippen LogP contribution in [0.5, 0.6) is 0 Å². The molecule has 3 nitrogen and oxygen atoms in total. The number of rotatable bonds is 5. The highest BCUT2D eigenvalue weighted by Crippen LogP contribution is 2.33. The fourth-order valence-electron chi connectivity index (χ4n) is 3.61. The molecule has 1 N–H and O–H groups in total. The van der Waals surface area contributed by atoms with E-state index in [4.69, 9.17) is 0 Å². The first-order valence-electron chi connectivity index (χ1n) is 7.75. The maximum Gasteiger partial charge on any atom is 0.0115 e. The molecule has 2 bridgehead atoms. The van der Waals surface area contributed by atoms with Crippen molar-refractivity contribution in [3.8, 4) is 0 Å². The zero-order chi connectivity index (χ0) is 13.1. The summed E-state index contributed by atoms with van der Waals surface area (Å²) < 4.78 is 0. The summed E-state index contributed by atoms with van der Waals surface area (Å²) in [7, 11) is 4.38. The van der Waals surface area contributed by atoms with E-state index < -0.39 is 0 Å². The Balaban J connectivity index is 1.88. The van der Waals surface area contributed by atoms with Gasteiger partial charge in [-0.15, -0.1) is 0 Å². The van der Waals surface area contributed by atoms with Gasteiger partial charge in [0, 0.05) is 37.3 Å². The van der Waals surface area contributed by atoms with E-state index >= 15 is 0 Å². The van der Waals surface area contributed by atoms with Crippen LogP contribution in [0.4, 0.5) is 0 Å². The molecule has 2 aliphatic heterocycles. The van der Waals surface area contributed by atoms with Crippen LogP contribution in [0.2, 0.25) is 0 Å². The highest BCUT2D eigenvalue weighted by atomic mass is 15.2. The topological polar surface area (TPSA) is 18.5 Å². The third-order valence-corrected chi connectivity index (χ3v) is 5.13. The smallest absolute Gasteiger partial charge is 0.0115 e. The Hall–Kier alpha value is -0.120. The molecule has 2 saturated heterocycles. The monoisotopic (exact) mass is 253 g/mol. The first kappa shape index (κ1) is 14.3. The number of likely N-dealkylation sites (N-methyl/N-ethyl adjacent to an activating group) is 1.